The van der Waals surface area contributed by atoms with Crippen LogP contribution in [0.1, 0.15) is 11.1 Å². The molecule has 0 amide bonds. The zero-order valence-electron chi connectivity index (χ0n) is 14.4. The van der Waals surface area contributed by atoms with Crippen LogP contribution in [0.5, 0.6) is 0 Å². The molecule has 1 heterocycles. The minimum Gasteiger partial charge on any atom is -0.355 e. The van der Waals surface area contributed by atoms with Gasteiger partial charge in [-0.25, -0.2) is 0 Å². The molecule has 0 radical (unpaired) electrons. The Morgan fingerprint density at radius 1 is 0.538 bits per heavy atom. The van der Waals surface area contributed by atoms with Crippen molar-refractivity contribution in [3.05, 3.63) is 108 Å². The predicted molar refractivity (Wildman–Crippen MR) is 110 cm³/mol. The molecule has 1 heteroatoms. The Balaban J connectivity index is 1.64. The van der Waals surface area contributed by atoms with Gasteiger partial charge in [0.25, 0.3) is 0 Å². The van der Waals surface area contributed by atoms with Crippen LogP contribution in [-0.2, 0) is 6.42 Å². The van der Waals surface area contributed by atoms with Crippen molar-refractivity contribution in [2.75, 3.05) is 5.32 Å². The van der Waals surface area contributed by atoms with Crippen molar-refractivity contribution in [2.45, 2.75) is 6.42 Å². The van der Waals surface area contributed by atoms with Gasteiger partial charge in [-0.15, -0.1) is 0 Å². The van der Waals surface area contributed by atoms with Crippen molar-refractivity contribution in [1.29, 1.82) is 0 Å². The van der Waals surface area contributed by atoms with Crippen molar-refractivity contribution in [2.24, 2.45) is 0 Å². The van der Waals surface area contributed by atoms with Crippen LogP contribution >= 0.6 is 0 Å². The van der Waals surface area contributed by atoms with Gasteiger partial charge in [0.2, 0.25) is 0 Å². The van der Waals surface area contributed by atoms with Crippen molar-refractivity contribution >= 4 is 11.4 Å². The smallest absolute Gasteiger partial charge is 0.0499 e. The van der Waals surface area contributed by atoms with Gasteiger partial charge in [0.05, 0.1) is 0 Å². The fourth-order valence-corrected chi connectivity index (χ4v) is 3.86. The summed E-state index contributed by atoms with van der Waals surface area (Å²) in [6, 6.07) is 34.4. The molecule has 0 saturated carbocycles. The number of para-hydroxylation sites is 1. The number of nitrogens with one attached hydrogen (secondary N) is 1. The summed E-state index contributed by atoms with van der Waals surface area (Å²) < 4.78 is 0. The Morgan fingerprint density at radius 2 is 1.15 bits per heavy atom. The second-order valence-corrected chi connectivity index (χ2v) is 6.71. The van der Waals surface area contributed by atoms with Crippen molar-refractivity contribution < 1.29 is 0 Å². The highest BCUT2D eigenvalue weighted by Crippen LogP contribution is 2.42. The fourth-order valence-electron chi connectivity index (χ4n) is 3.86. The van der Waals surface area contributed by atoms with E-state index in [0.29, 0.717) is 0 Å². The van der Waals surface area contributed by atoms with E-state index in [1.165, 1.54) is 44.8 Å². The third-order valence-corrected chi connectivity index (χ3v) is 5.12. The average molecular weight is 333 g/mol. The lowest BCUT2D eigenvalue weighted by Gasteiger charge is -2.26. The second kappa shape index (κ2) is 6.20. The Bertz CT molecular complexity index is 977. The molecule has 124 valence electrons. The third kappa shape index (κ3) is 2.49. The van der Waals surface area contributed by atoms with Gasteiger partial charge in [0, 0.05) is 23.4 Å². The van der Waals surface area contributed by atoms with Gasteiger partial charge in [0.1, 0.15) is 0 Å². The molecule has 0 saturated heterocycles. The molecule has 5 rings (SSSR count). The lowest BCUT2D eigenvalue weighted by Crippen LogP contribution is -2.09. The lowest BCUT2D eigenvalue weighted by atomic mass is 9.88. The van der Waals surface area contributed by atoms with Crippen LogP contribution in [0, 0.1) is 0 Å². The first-order chi connectivity index (χ1) is 12.9. The second-order valence-electron chi connectivity index (χ2n) is 6.71. The number of fused-ring (bicyclic) bond motifs is 2. The van der Waals surface area contributed by atoms with Gasteiger partial charge in [-0.2, -0.15) is 0 Å². The van der Waals surface area contributed by atoms with E-state index >= 15 is 0 Å². The first-order valence-corrected chi connectivity index (χ1v) is 9.02. The molecule has 0 aromatic heterocycles. The largest absolute Gasteiger partial charge is 0.355 e. The molecule has 1 N–H and O–H groups in total. The molecule has 4 aromatic rings. The van der Waals surface area contributed by atoms with Crippen LogP contribution in [-0.4, -0.2) is 0 Å². The summed E-state index contributed by atoms with van der Waals surface area (Å²) in [5, 5.41) is 3.72. The Hall–Kier alpha value is -3.32. The molecule has 0 aliphatic carbocycles. The molecule has 26 heavy (non-hydrogen) atoms. The van der Waals surface area contributed by atoms with Gasteiger partial charge >= 0.3 is 0 Å². The molecule has 1 nitrogen and oxygen atoms in total. The van der Waals surface area contributed by atoms with E-state index in [4.69, 9.17) is 0 Å². The molecular formula is C25H19N. The first kappa shape index (κ1) is 15.0. The van der Waals surface area contributed by atoms with E-state index in [1.54, 1.807) is 0 Å². The monoisotopic (exact) mass is 333 g/mol. The molecule has 0 fully saturated rings. The number of anilines is 2. The van der Waals surface area contributed by atoms with Gasteiger partial charge in [-0.3, -0.25) is 0 Å². The summed E-state index contributed by atoms with van der Waals surface area (Å²) in [4.78, 5) is 0. The summed E-state index contributed by atoms with van der Waals surface area (Å²) >= 11 is 0. The van der Waals surface area contributed by atoms with Crippen molar-refractivity contribution in [3.8, 4) is 22.3 Å². The van der Waals surface area contributed by atoms with Gasteiger partial charge in [0.15, 0.2) is 0 Å². The molecule has 4 aromatic carbocycles. The molecule has 0 spiro atoms. The summed E-state index contributed by atoms with van der Waals surface area (Å²) in [5.41, 5.74) is 10.3. The van der Waals surface area contributed by atoms with Gasteiger partial charge in [-0.1, -0.05) is 91.0 Å². The number of hydrogen-bond donors (Lipinski definition) is 1. The Kier molecular flexibility index (Phi) is 3.57. The summed E-state index contributed by atoms with van der Waals surface area (Å²) in [7, 11) is 0. The SMILES string of the molecule is c1ccc(-c2cccc3c2Cc2cccc(-c4ccccc4)c2N3)cc1. The quantitative estimate of drug-likeness (QED) is 0.380. The normalized spacial score (nSPS) is 12.0. The van der Waals surface area contributed by atoms with Crippen LogP contribution in [0.25, 0.3) is 22.3 Å². The highest BCUT2D eigenvalue weighted by atomic mass is 14.9. The third-order valence-electron chi connectivity index (χ3n) is 5.12. The molecule has 0 atom stereocenters. The first-order valence-electron chi connectivity index (χ1n) is 9.02. The maximum Gasteiger partial charge on any atom is 0.0499 e. The summed E-state index contributed by atoms with van der Waals surface area (Å²) in [6.45, 7) is 0. The maximum atomic E-state index is 3.72. The van der Waals surface area contributed by atoms with Crippen LogP contribution in [0.4, 0.5) is 11.4 Å². The van der Waals surface area contributed by atoms with Gasteiger partial charge < -0.3 is 5.32 Å². The van der Waals surface area contributed by atoms with Crippen molar-refractivity contribution in [3.63, 3.8) is 0 Å². The minimum atomic E-state index is 0.948. The standard InChI is InChI=1S/C25H19N/c1-3-9-18(10-4-1)21-14-8-16-24-23(21)17-20-13-7-15-22(25(20)26-24)19-11-5-2-6-12-19/h1-16,26H,17H2. The molecular weight excluding hydrogens is 314 g/mol. The Labute approximate surface area is 154 Å². The van der Waals surface area contributed by atoms with Crippen LogP contribution in [0.2, 0.25) is 0 Å². The molecule has 0 bridgehead atoms. The zero-order valence-corrected chi connectivity index (χ0v) is 14.4. The fraction of sp³-hybridized carbons (Fsp3) is 0.0400. The molecule has 1 aliphatic heterocycles. The average Bonchev–Trinajstić information content (AvgIpc) is 2.72. The van der Waals surface area contributed by atoms with Gasteiger partial charge in [-0.05, 0) is 33.9 Å². The maximum absolute atomic E-state index is 3.72. The number of benzene rings is 4. The topological polar surface area (TPSA) is 12.0 Å². The summed E-state index contributed by atoms with van der Waals surface area (Å²) in [6.07, 6.45) is 0.948. The van der Waals surface area contributed by atoms with Crippen molar-refractivity contribution in [1.82, 2.24) is 0 Å². The zero-order chi connectivity index (χ0) is 17.3. The van der Waals surface area contributed by atoms with E-state index in [2.05, 4.69) is 102 Å². The summed E-state index contributed by atoms with van der Waals surface area (Å²) in [5.74, 6) is 0. The lowest BCUT2D eigenvalue weighted by molar-refractivity contribution is 1.16. The molecule has 1 aliphatic rings. The van der Waals surface area contributed by atoms with E-state index in [1.807, 2.05) is 0 Å². The number of hydrogen-bond acceptors (Lipinski definition) is 1. The molecule has 0 unspecified atom stereocenters. The van der Waals surface area contributed by atoms with Crippen LogP contribution in [0.15, 0.2) is 97.1 Å². The highest BCUT2D eigenvalue weighted by Gasteiger charge is 2.20. The highest BCUT2D eigenvalue weighted by molar-refractivity contribution is 5.89. The van der Waals surface area contributed by atoms with E-state index in [-0.39, 0.29) is 0 Å². The van der Waals surface area contributed by atoms with Crippen LogP contribution < -0.4 is 5.32 Å². The predicted octanol–water partition coefficient (Wildman–Crippen LogP) is 6.67. The van der Waals surface area contributed by atoms with E-state index < -0.39 is 0 Å². The minimum absolute atomic E-state index is 0.948. The number of rotatable bonds is 2. The van der Waals surface area contributed by atoms with E-state index in [9.17, 15) is 0 Å². The van der Waals surface area contributed by atoms with E-state index in [0.717, 1.165) is 6.42 Å². The van der Waals surface area contributed by atoms with Crippen LogP contribution in [0.3, 0.4) is 0 Å². The Morgan fingerprint density at radius 3 is 1.88 bits per heavy atom.